The molecule has 0 radical (unpaired) electrons. The van der Waals surface area contributed by atoms with Crippen LogP contribution in [0.25, 0.3) is 0 Å². The third kappa shape index (κ3) is 3.86. The van der Waals surface area contributed by atoms with E-state index in [1.54, 1.807) is 0 Å². The Morgan fingerprint density at radius 1 is 1.55 bits per heavy atom. The highest BCUT2D eigenvalue weighted by molar-refractivity contribution is 7.85. The number of rotatable bonds is 6. The molecule has 1 aliphatic heterocycles. The number of ether oxygens (including phenoxy) is 2. The van der Waals surface area contributed by atoms with Crippen molar-refractivity contribution >= 4 is 16.6 Å². The molecule has 0 amide bonds. The molecule has 2 unspecified atom stereocenters. The first kappa shape index (κ1) is 15.1. The molecule has 6 heteroatoms. The number of carbonyl (C=O) groups is 1. The average Bonchev–Trinajstić information content (AvgIpc) is 2.91. The van der Waals surface area contributed by atoms with Gasteiger partial charge in [-0.05, 0) is 31.0 Å². The minimum atomic E-state index is -1.28. The minimum Gasteiger partial charge on any atom is -0.494 e. The summed E-state index contributed by atoms with van der Waals surface area (Å²) in [5.41, 5.74) is 0.212. The molecule has 1 aromatic carbocycles. The normalized spacial score (nSPS) is 19.8. The predicted molar refractivity (Wildman–Crippen MR) is 74.1 cm³/mol. The van der Waals surface area contributed by atoms with Gasteiger partial charge < -0.3 is 9.47 Å². The third-order valence-electron chi connectivity index (χ3n) is 3.16. The number of carbonyl (C=O) groups excluding carboxylic acids is 1. The number of methoxy groups -OCH3 is 1. The van der Waals surface area contributed by atoms with Crippen molar-refractivity contribution in [3.63, 3.8) is 0 Å². The maximum atomic E-state index is 13.5. The summed E-state index contributed by atoms with van der Waals surface area (Å²) in [6.45, 7) is 0.694. The molecular formula is C14H17FO4S. The largest absolute Gasteiger partial charge is 0.494 e. The Bertz CT molecular complexity index is 512. The second-order valence-corrected chi connectivity index (χ2v) is 6.16. The Kier molecular flexibility index (Phi) is 5.25. The van der Waals surface area contributed by atoms with E-state index in [9.17, 15) is 13.4 Å². The number of ketones is 1. The van der Waals surface area contributed by atoms with Gasteiger partial charge in [0.05, 0.1) is 24.7 Å². The van der Waals surface area contributed by atoms with E-state index in [1.807, 2.05) is 0 Å². The van der Waals surface area contributed by atoms with E-state index in [4.69, 9.17) is 9.47 Å². The zero-order valence-corrected chi connectivity index (χ0v) is 12.1. The summed E-state index contributed by atoms with van der Waals surface area (Å²) >= 11 is 0. The maximum Gasteiger partial charge on any atom is 0.175 e. The number of hydrogen-bond acceptors (Lipinski definition) is 4. The van der Waals surface area contributed by atoms with E-state index in [0.717, 1.165) is 18.9 Å². The van der Waals surface area contributed by atoms with Gasteiger partial charge in [0.25, 0.3) is 0 Å². The Balaban J connectivity index is 1.93. The van der Waals surface area contributed by atoms with E-state index in [2.05, 4.69) is 0 Å². The molecule has 2 rings (SSSR count). The molecule has 1 saturated heterocycles. The quantitative estimate of drug-likeness (QED) is 0.754. The van der Waals surface area contributed by atoms with Crippen LogP contribution in [0.2, 0.25) is 0 Å². The van der Waals surface area contributed by atoms with Crippen molar-refractivity contribution in [3.05, 3.63) is 29.6 Å². The fourth-order valence-corrected chi connectivity index (χ4v) is 3.37. The van der Waals surface area contributed by atoms with Crippen LogP contribution in [-0.4, -0.2) is 41.3 Å². The van der Waals surface area contributed by atoms with E-state index in [1.165, 1.54) is 19.2 Å². The lowest BCUT2D eigenvalue weighted by Crippen LogP contribution is -2.21. The molecule has 1 fully saturated rings. The lowest BCUT2D eigenvalue weighted by atomic mass is 10.1. The van der Waals surface area contributed by atoms with Crippen molar-refractivity contribution in [2.24, 2.45) is 0 Å². The van der Waals surface area contributed by atoms with Crippen LogP contribution >= 0.6 is 0 Å². The molecule has 0 bridgehead atoms. The highest BCUT2D eigenvalue weighted by Crippen LogP contribution is 2.18. The fourth-order valence-electron chi connectivity index (χ4n) is 2.11. The Hall–Kier alpha value is -1.27. The molecule has 0 aliphatic carbocycles. The van der Waals surface area contributed by atoms with Crippen molar-refractivity contribution in [3.8, 4) is 5.75 Å². The Labute approximate surface area is 119 Å². The molecule has 0 aromatic heterocycles. The first-order valence-electron chi connectivity index (χ1n) is 6.43. The van der Waals surface area contributed by atoms with Crippen molar-refractivity contribution in [2.75, 3.05) is 25.2 Å². The van der Waals surface area contributed by atoms with Gasteiger partial charge in [0.1, 0.15) is 0 Å². The van der Waals surface area contributed by atoms with Gasteiger partial charge in [-0.3, -0.25) is 9.00 Å². The van der Waals surface area contributed by atoms with Crippen LogP contribution in [0.1, 0.15) is 23.2 Å². The fraction of sp³-hybridized carbons (Fsp3) is 0.500. The van der Waals surface area contributed by atoms with Crippen LogP contribution < -0.4 is 4.74 Å². The molecule has 2 atom stereocenters. The van der Waals surface area contributed by atoms with E-state index in [0.29, 0.717) is 12.4 Å². The smallest absolute Gasteiger partial charge is 0.175 e. The van der Waals surface area contributed by atoms with Gasteiger partial charge in [0, 0.05) is 23.0 Å². The van der Waals surface area contributed by atoms with E-state index in [-0.39, 0.29) is 29.0 Å². The van der Waals surface area contributed by atoms with Gasteiger partial charge in [0.2, 0.25) is 0 Å². The maximum absolute atomic E-state index is 13.5. The summed E-state index contributed by atoms with van der Waals surface area (Å²) in [7, 11) is 0.0753. The van der Waals surface area contributed by atoms with Crippen molar-refractivity contribution in [2.45, 2.75) is 18.9 Å². The second-order valence-electron chi connectivity index (χ2n) is 4.66. The van der Waals surface area contributed by atoms with Crippen molar-refractivity contribution in [1.29, 1.82) is 0 Å². The van der Waals surface area contributed by atoms with Gasteiger partial charge in [-0.1, -0.05) is 0 Å². The van der Waals surface area contributed by atoms with Gasteiger partial charge in [0.15, 0.2) is 17.3 Å². The molecule has 1 aliphatic rings. The van der Waals surface area contributed by atoms with Crippen molar-refractivity contribution in [1.82, 2.24) is 0 Å². The van der Waals surface area contributed by atoms with Crippen LogP contribution in [0.5, 0.6) is 5.75 Å². The highest BCUT2D eigenvalue weighted by atomic mass is 32.2. The molecule has 0 spiro atoms. The van der Waals surface area contributed by atoms with Crippen LogP contribution in [0, 0.1) is 5.82 Å². The lowest BCUT2D eigenvalue weighted by molar-refractivity contribution is 0.102. The summed E-state index contributed by atoms with van der Waals surface area (Å²) in [5.74, 6) is -0.580. The molecule has 1 heterocycles. The van der Waals surface area contributed by atoms with Crippen LogP contribution in [-0.2, 0) is 15.5 Å². The Morgan fingerprint density at radius 3 is 2.95 bits per heavy atom. The number of benzene rings is 1. The van der Waals surface area contributed by atoms with E-state index >= 15 is 0 Å². The zero-order valence-electron chi connectivity index (χ0n) is 11.3. The topological polar surface area (TPSA) is 52.6 Å². The average molecular weight is 300 g/mol. The van der Waals surface area contributed by atoms with Crippen LogP contribution in [0.4, 0.5) is 4.39 Å². The van der Waals surface area contributed by atoms with Gasteiger partial charge in [-0.15, -0.1) is 0 Å². The second kappa shape index (κ2) is 6.95. The Morgan fingerprint density at radius 2 is 2.35 bits per heavy atom. The van der Waals surface area contributed by atoms with Gasteiger partial charge in [-0.25, -0.2) is 4.39 Å². The van der Waals surface area contributed by atoms with Gasteiger partial charge >= 0.3 is 0 Å². The monoisotopic (exact) mass is 300 g/mol. The lowest BCUT2D eigenvalue weighted by Gasteiger charge is -2.09. The number of Topliss-reactive ketones (excluding diaryl/α,β-unsaturated/α-hetero) is 1. The standard InChI is InChI=1S/C14H17FO4S/c1-18-14-5-4-10(7-12(14)15)13(16)9-20(17)8-11-3-2-6-19-11/h4-5,7,11H,2-3,6,8-9H2,1H3. The molecule has 20 heavy (non-hydrogen) atoms. The zero-order chi connectivity index (χ0) is 14.5. The molecule has 0 saturated carbocycles. The first-order valence-corrected chi connectivity index (χ1v) is 7.92. The van der Waals surface area contributed by atoms with Gasteiger partial charge in [-0.2, -0.15) is 0 Å². The molecular weight excluding hydrogens is 283 g/mol. The van der Waals surface area contributed by atoms with Crippen LogP contribution in [0.15, 0.2) is 18.2 Å². The SMILES string of the molecule is COc1ccc(C(=O)CS(=O)CC2CCCO2)cc1F. The summed E-state index contributed by atoms with van der Waals surface area (Å²) < 4.78 is 35.6. The van der Waals surface area contributed by atoms with E-state index < -0.39 is 16.6 Å². The molecule has 0 N–H and O–H groups in total. The summed E-state index contributed by atoms with van der Waals surface area (Å²) in [6, 6.07) is 3.99. The molecule has 1 aromatic rings. The summed E-state index contributed by atoms with van der Waals surface area (Å²) in [4.78, 5) is 11.9. The highest BCUT2D eigenvalue weighted by Gasteiger charge is 2.20. The molecule has 4 nitrogen and oxygen atoms in total. The minimum absolute atomic E-state index is 0.0174. The molecule has 110 valence electrons. The first-order chi connectivity index (χ1) is 9.60. The van der Waals surface area contributed by atoms with Crippen LogP contribution in [0.3, 0.4) is 0 Å². The summed E-state index contributed by atoms with van der Waals surface area (Å²) in [6.07, 6.45) is 1.84. The number of halogens is 1. The third-order valence-corrected chi connectivity index (χ3v) is 4.49. The number of hydrogen-bond donors (Lipinski definition) is 0. The van der Waals surface area contributed by atoms with Crippen molar-refractivity contribution < 1.29 is 22.9 Å². The predicted octanol–water partition coefficient (Wildman–Crippen LogP) is 1.94. The summed E-state index contributed by atoms with van der Waals surface area (Å²) in [5, 5.41) is 0.